The molecule has 0 saturated heterocycles. The molecule has 1 unspecified atom stereocenters. The topological polar surface area (TPSA) is 63.6 Å². The molecule has 1 aromatic rings. The van der Waals surface area contributed by atoms with Crippen LogP contribution in [0, 0.1) is 0 Å². The van der Waals surface area contributed by atoms with E-state index in [-0.39, 0.29) is 5.56 Å². The van der Waals surface area contributed by atoms with E-state index in [4.69, 9.17) is 5.11 Å². The van der Waals surface area contributed by atoms with E-state index >= 15 is 0 Å². The van der Waals surface area contributed by atoms with E-state index in [0.29, 0.717) is 0 Å². The second kappa shape index (κ2) is 4.97. The summed E-state index contributed by atoms with van der Waals surface area (Å²) in [7, 11) is -5.75. The van der Waals surface area contributed by atoms with E-state index in [9.17, 15) is 26.0 Å². The first-order chi connectivity index (χ1) is 8.49. The SMILES string of the molecule is CC(F)(CO)c1ccc(OS(=O)(=O)C(F)(F)F)cc1. The van der Waals surface area contributed by atoms with Crippen molar-refractivity contribution in [3.8, 4) is 5.75 Å². The van der Waals surface area contributed by atoms with E-state index in [0.717, 1.165) is 31.2 Å². The fraction of sp³-hybridized carbons (Fsp3) is 0.400. The number of hydrogen-bond donors (Lipinski definition) is 1. The summed E-state index contributed by atoms with van der Waals surface area (Å²) in [4.78, 5) is 0. The van der Waals surface area contributed by atoms with Crippen molar-refractivity contribution in [1.29, 1.82) is 0 Å². The number of aliphatic hydroxyl groups excluding tert-OH is 1. The number of rotatable bonds is 4. The van der Waals surface area contributed by atoms with Crippen LogP contribution in [0.25, 0.3) is 0 Å². The maximum Gasteiger partial charge on any atom is 0.534 e. The lowest BCUT2D eigenvalue weighted by atomic mass is 9.99. The van der Waals surface area contributed by atoms with Gasteiger partial charge < -0.3 is 9.29 Å². The highest BCUT2D eigenvalue weighted by molar-refractivity contribution is 7.87. The van der Waals surface area contributed by atoms with Crippen molar-refractivity contribution < 1.29 is 35.3 Å². The van der Waals surface area contributed by atoms with Gasteiger partial charge in [0.1, 0.15) is 5.75 Å². The summed E-state index contributed by atoms with van der Waals surface area (Å²) in [5.74, 6) is -0.602. The van der Waals surface area contributed by atoms with Crippen LogP contribution in [0.2, 0.25) is 0 Å². The maximum atomic E-state index is 13.6. The van der Waals surface area contributed by atoms with Crippen LogP contribution in [-0.2, 0) is 15.8 Å². The fourth-order valence-electron chi connectivity index (χ4n) is 1.12. The molecule has 0 aromatic heterocycles. The average Bonchev–Trinajstić information content (AvgIpc) is 2.27. The quantitative estimate of drug-likeness (QED) is 0.525. The molecule has 4 nitrogen and oxygen atoms in total. The number of benzene rings is 1. The van der Waals surface area contributed by atoms with E-state index in [1.807, 2.05) is 0 Å². The molecule has 0 bridgehead atoms. The molecular weight excluding hydrogens is 292 g/mol. The first-order valence-corrected chi connectivity index (χ1v) is 6.31. The van der Waals surface area contributed by atoms with E-state index in [1.54, 1.807) is 0 Å². The van der Waals surface area contributed by atoms with Gasteiger partial charge in [-0.05, 0) is 24.6 Å². The van der Waals surface area contributed by atoms with Crippen LogP contribution in [0.3, 0.4) is 0 Å². The highest BCUT2D eigenvalue weighted by atomic mass is 32.2. The van der Waals surface area contributed by atoms with Crippen LogP contribution in [0.4, 0.5) is 17.6 Å². The summed E-state index contributed by atoms with van der Waals surface area (Å²) >= 11 is 0. The van der Waals surface area contributed by atoms with Crippen LogP contribution in [0.5, 0.6) is 5.75 Å². The molecule has 9 heteroatoms. The molecule has 19 heavy (non-hydrogen) atoms. The van der Waals surface area contributed by atoms with Gasteiger partial charge in [-0.3, -0.25) is 0 Å². The summed E-state index contributed by atoms with van der Waals surface area (Å²) in [6, 6.07) is 3.78. The summed E-state index contributed by atoms with van der Waals surface area (Å²) < 4.78 is 75.0. The van der Waals surface area contributed by atoms with Gasteiger partial charge in [-0.1, -0.05) is 12.1 Å². The Morgan fingerprint density at radius 3 is 2.00 bits per heavy atom. The molecule has 1 aromatic carbocycles. The standard InChI is InChI=1S/C10H10F4O4S/c1-9(11,6-15)7-2-4-8(5-3-7)18-19(16,17)10(12,13)14/h2-5,15H,6H2,1H3. The molecule has 0 radical (unpaired) electrons. The van der Waals surface area contributed by atoms with Crippen molar-refractivity contribution in [3.63, 3.8) is 0 Å². The molecular formula is C10H10F4O4S. The lowest BCUT2D eigenvalue weighted by Gasteiger charge is -2.18. The Balaban J connectivity index is 2.97. The Kier molecular flexibility index (Phi) is 4.11. The average molecular weight is 302 g/mol. The van der Waals surface area contributed by atoms with Crippen molar-refractivity contribution >= 4 is 10.1 Å². The maximum absolute atomic E-state index is 13.6. The predicted octanol–water partition coefficient (Wildman–Crippen LogP) is 2.09. The fourth-order valence-corrected chi connectivity index (χ4v) is 1.58. The van der Waals surface area contributed by atoms with E-state index in [1.165, 1.54) is 0 Å². The summed E-state index contributed by atoms with van der Waals surface area (Å²) in [6.45, 7) is 0.239. The number of aliphatic hydroxyl groups is 1. The van der Waals surface area contributed by atoms with Crippen LogP contribution in [0.1, 0.15) is 12.5 Å². The van der Waals surface area contributed by atoms with Crippen LogP contribution >= 0.6 is 0 Å². The molecule has 0 aliphatic carbocycles. The van der Waals surface area contributed by atoms with Crippen LogP contribution in [-0.4, -0.2) is 25.6 Å². The molecule has 0 spiro atoms. The summed E-state index contributed by atoms with van der Waals surface area (Å²) in [5.41, 5.74) is -7.64. The molecule has 1 atom stereocenters. The highest BCUT2D eigenvalue weighted by Crippen LogP contribution is 2.29. The Morgan fingerprint density at radius 2 is 1.63 bits per heavy atom. The molecule has 1 rings (SSSR count). The third-order valence-corrected chi connectivity index (χ3v) is 3.22. The molecule has 0 amide bonds. The third-order valence-electron chi connectivity index (χ3n) is 2.24. The minimum atomic E-state index is -5.75. The van der Waals surface area contributed by atoms with Crippen molar-refractivity contribution in [3.05, 3.63) is 29.8 Å². The number of hydrogen-bond acceptors (Lipinski definition) is 4. The Hall–Kier alpha value is -1.35. The summed E-state index contributed by atoms with van der Waals surface area (Å²) in [6.07, 6.45) is 0. The molecule has 0 aliphatic rings. The van der Waals surface area contributed by atoms with Crippen molar-refractivity contribution in [2.45, 2.75) is 18.1 Å². The molecule has 1 N–H and O–H groups in total. The van der Waals surface area contributed by atoms with E-state index < -0.39 is 33.7 Å². The zero-order valence-corrected chi connectivity index (χ0v) is 10.4. The first-order valence-electron chi connectivity index (χ1n) is 4.91. The van der Waals surface area contributed by atoms with Gasteiger partial charge in [0.2, 0.25) is 0 Å². The van der Waals surface area contributed by atoms with Gasteiger partial charge in [0.15, 0.2) is 5.67 Å². The Morgan fingerprint density at radius 1 is 1.16 bits per heavy atom. The number of alkyl halides is 4. The van der Waals surface area contributed by atoms with Gasteiger partial charge in [0, 0.05) is 0 Å². The lowest BCUT2D eigenvalue weighted by molar-refractivity contribution is -0.0500. The Labute approximate surface area is 106 Å². The smallest absolute Gasteiger partial charge is 0.393 e. The second-order valence-corrected chi connectivity index (χ2v) is 5.40. The highest BCUT2D eigenvalue weighted by Gasteiger charge is 2.48. The minimum Gasteiger partial charge on any atom is -0.393 e. The van der Waals surface area contributed by atoms with Crippen LogP contribution in [0.15, 0.2) is 24.3 Å². The second-order valence-electron chi connectivity index (χ2n) is 3.86. The van der Waals surface area contributed by atoms with Crippen molar-refractivity contribution in [2.75, 3.05) is 6.61 Å². The predicted molar refractivity (Wildman–Crippen MR) is 57.6 cm³/mol. The molecule has 0 saturated carbocycles. The van der Waals surface area contributed by atoms with Crippen molar-refractivity contribution in [2.24, 2.45) is 0 Å². The Bertz CT molecular complexity index is 534. The van der Waals surface area contributed by atoms with Gasteiger partial charge in [-0.15, -0.1) is 0 Å². The number of halogens is 4. The monoisotopic (exact) mass is 302 g/mol. The largest absolute Gasteiger partial charge is 0.534 e. The minimum absolute atomic E-state index is 0.0215. The van der Waals surface area contributed by atoms with Gasteiger partial charge >= 0.3 is 15.6 Å². The molecule has 108 valence electrons. The van der Waals surface area contributed by atoms with Gasteiger partial charge in [0.25, 0.3) is 0 Å². The van der Waals surface area contributed by atoms with Gasteiger partial charge in [-0.2, -0.15) is 21.6 Å². The third kappa shape index (κ3) is 3.57. The summed E-state index contributed by atoms with van der Waals surface area (Å²) in [5, 5.41) is 8.76. The van der Waals surface area contributed by atoms with Gasteiger partial charge in [-0.25, -0.2) is 4.39 Å². The molecule has 0 fully saturated rings. The van der Waals surface area contributed by atoms with Gasteiger partial charge in [0.05, 0.1) is 6.61 Å². The first kappa shape index (κ1) is 15.7. The zero-order valence-electron chi connectivity index (χ0n) is 9.61. The lowest BCUT2D eigenvalue weighted by Crippen LogP contribution is -2.28. The van der Waals surface area contributed by atoms with Crippen LogP contribution < -0.4 is 4.18 Å². The molecule has 0 heterocycles. The van der Waals surface area contributed by atoms with E-state index in [2.05, 4.69) is 4.18 Å². The molecule has 0 aliphatic heterocycles. The normalized spacial score (nSPS) is 15.9. The van der Waals surface area contributed by atoms with Crippen molar-refractivity contribution in [1.82, 2.24) is 0 Å². The zero-order chi connectivity index (χ0) is 14.9.